The number of ether oxygens (including phenoxy) is 3. The molecule has 0 amide bonds. The lowest BCUT2D eigenvalue weighted by atomic mass is 10.0. The Morgan fingerprint density at radius 3 is 2.70 bits per heavy atom. The molecule has 0 radical (unpaired) electrons. The van der Waals surface area contributed by atoms with Crippen LogP contribution in [0.2, 0.25) is 0 Å². The van der Waals surface area contributed by atoms with Crippen molar-refractivity contribution in [1.82, 2.24) is 9.97 Å². The normalized spacial score (nSPS) is 10.6. The number of aryl methyl sites for hydroxylation is 2. The van der Waals surface area contributed by atoms with E-state index in [0.29, 0.717) is 54.1 Å². The van der Waals surface area contributed by atoms with Crippen LogP contribution in [0.1, 0.15) is 24.2 Å². The molecule has 0 unspecified atom stereocenters. The predicted molar refractivity (Wildman–Crippen MR) is 85.2 cm³/mol. The van der Waals surface area contributed by atoms with Gasteiger partial charge in [0.1, 0.15) is 5.82 Å². The molecule has 1 aromatic carbocycles. The zero-order chi connectivity index (χ0) is 16.8. The molecule has 0 aliphatic carbocycles. The monoisotopic (exact) mass is 320 g/mol. The minimum Gasteiger partial charge on any atom is -0.493 e. The van der Waals surface area contributed by atoms with E-state index in [4.69, 9.17) is 14.2 Å². The second-order valence-corrected chi connectivity index (χ2v) is 5.06. The van der Waals surface area contributed by atoms with Crippen LogP contribution in [0.4, 0.5) is 0 Å². The number of benzene rings is 1. The van der Waals surface area contributed by atoms with Crippen molar-refractivity contribution in [3.05, 3.63) is 27.8 Å². The van der Waals surface area contributed by atoms with Gasteiger partial charge < -0.3 is 19.2 Å². The van der Waals surface area contributed by atoms with Crippen molar-refractivity contribution in [2.45, 2.75) is 26.2 Å². The summed E-state index contributed by atoms with van der Waals surface area (Å²) in [6, 6.07) is 1.64. The van der Waals surface area contributed by atoms with Gasteiger partial charge in [-0.1, -0.05) is 0 Å². The zero-order valence-corrected chi connectivity index (χ0v) is 13.5. The standard InChI is InChI=1S/C16H20N2O5/c1-10-17-14-11(6-4-5-7-23-9-19)15(22-3)13(21-2)8-12(14)16(20)18-10/h8-9H,4-7H2,1-3H3,(H,17,18,20). The number of methoxy groups -OCH3 is 2. The van der Waals surface area contributed by atoms with Crippen LogP contribution < -0.4 is 15.0 Å². The molecule has 0 spiro atoms. The minimum atomic E-state index is -0.209. The van der Waals surface area contributed by atoms with Crippen molar-refractivity contribution in [3.8, 4) is 11.5 Å². The Bertz CT molecular complexity index is 754. The van der Waals surface area contributed by atoms with Crippen molar-refractivity contribution in [2.75, 3.05) is 20.8 Å². The van der Waals surface area contributed by atoms with Crippen LogP contribution in [0.5, 0.6) is 11.5 Å². The largest absolute Gasteiger partial charge is 0.493 e. The molecule has 2 rings (SSSR count). The second kappa shape index (κ2) is 7.62. The lowest BCUT2D eigenvalue weighted by Crippen LogP contribution is -2.12. The summed E-state index contributed by atoms with van der Waals surface area (Å²) in [5.41, 5.74) is 1.22. The van der Waals surface area contributed by atoms with E-state index in [1.54, 1.807) is 20.1 Å². The highest BCUT2D eigenvalue weighted by Crippen LogP contribution is 2.36. The summed E-state index contributed by atoms with van der Waals surface area (Å²) >= 11 is 0. The van der Waals surface area contributed by atoms with E-state index in [-0.39, 0.29) is 5.56 Å². The van der Waals surface area contributed by atoms with Crippen molar-refractivity contribution in [1.29, 1.82) is 0 Å². The molecule has 7 nitrogen and oxygen atoms in total. The maximum Gasteiger partial charge on any atom is 0.293 e. The number of aromatic amines is 1. The number of fused-ring (bicyclic) bond motifs is 1. The average Bonchev–Trinajstić information content (AvgIpc) is 2.54. The first-order valence-corrected chi connectivity index (χ1v) is 7.32. The zero-order valence-electron chi connectivity index (χ0n) is 13.5. The van der Waals surface area contributed by atoms with E-state index in [0.717, 1.165) is 12.0 Å². The molecule has 1 heterocycles. The summed E-state index contributed by atoms with van der Waals surface area (Å²) in [5.74, 6) is 1.62. The van der Waals surface area contributed by atoms with Crippen LogP contribution in [-0.4, -0.2) is 37.3 Å². The highest BCUT2D eigenvalue weighted by molar-refractivity contribution is 5.86. The van der Waals surface area contributed by atoms with Gasteiger partial charge in [-0.25, -0.2) is 4.98 Å². The average molecular weight is 320 g/mol. The molecule has 124 valence electrons. The van der Waals surface area contributed by atoms with Gasteiger partial charge in [-0.2, -0.15) is 0 Å². The van der Waals surface area contributed by atoms with E-state index in [1.807, 2.05) is 0 Å². The molecule has 0 fully saturated rings. The Labute approximate surface area is 133 Å². The molecule has 0 atom stereocenters. The maximum atomic E-state index is 12.2. The summed E-state index contributed by atoms with van der Waals surface area (Å²) in [4.78, 5) is 29.5. The third-order valence-electron chi connectivity index (χ3n) is 3.56. The van der Waals surface area contributed by atoms with Crippen LogP contribution in [-0.2, 0) is 16.0 Å². The van der Waals surface area contributed by atoms with E-state index < -0.39 is 0 Å². The van der Waals surface area contributed by atoms with Gasteiger partial charge in [-0.15, -0.1) is 0 Å². The fraction of sp³-hybridized carbons (Fsp3) is 0.438. The molecule has 7 heteroatoms. The number of nitrogens with zero attached hydrogens (tertiary/aromatic N) is 1. The summed E-state index contributed by atoms with van der Waals surface area (Å²) < 4.78 is 15.5. The molecular formula is C16H20N2O5. The summed E-state index contributed by atoms with van der Waals surface area (Å²) in [7, 11) is 3.09. The molecule has 23 heavy (non-hydrogen) atoms. The van der Waals surface area contributed by atoms with Gasteiger partial charge in [0.2, 0.25) is 0 Å². The highest BCUT2D eigenvalue weighted by Gasteiger charge is 2.18. The Morgan fingerprint density at radius 1 is 1.26 bits per heavy atom. The fourth-order valence-electron chi connectivity index (χ4n) is 2.55. The van der Waals surface area contributed by atoms with Gasteiger partial charge in [0.15, 0.2) is 11.5 Å². The number of nitrogens with one attached hydrogen (secondary N) is 1. The molecular weight excluding hydrogens is 300 g/mol. The van der Waals surface area contributed by atoms with Crippen LogP contribution in [0, 0.1) is 6.92 Å². The van der Waals surface area contributed by atoms with E-state index in [1.165, 1.54) is 7.11 Å². The van der Waals surface area contributed by atoms with Crippen LogP contribution >= 0.6 is 0 Å². The van der Waals surface area contributed by atoms with Crippen molar-refractivity contribution >= 4 is 17.4 Å². The number of carbonyl (C=O) groups is 1. The van der Waals surface area contributed by atoms with E-state index >= 15 is 0 Å². The van der Waals surface area contributed by atoms with Crippen LogP contribution in [0.3, 0.4) is 0 Å². The van der Waals surface area contributed by atoms with Gasteiger partial charge in [-0.3, -0.25) is 9.59 Å². The third-order valence-corrected chi connectivity index (χ3v) is 3.56. The first-order chi connectivity index (χ1) is 11.1. The van der Waals surface area contributed by atoms with Crippen molar-refractivity contribution in [3.63, 3.8) is 0 Å². The number of unbranched alkanes of at least 4 members (excludes halogenated alkanes) is 1. The van der Waals surface area contributed by atoms with Gasteiger partial charge in [0.05, 0.1) is 31.7 Å². The molecule has 1 N–H and O–H groups in total. The summed E-state index contributed by atoms with van der Waals surface area (Å²) in [6.07, 6.45) is 2.11. The molecule has 0 bridgehead atoms. The Kier molecular flexibility index (Phi) is 5.56. The Balaban J connectivity index is 2.48. The SMILES string of the molecule is COc1cc2c(=O)[nH]c(C)nc2c(CCCCOC=O)c1OC. The number of carbonyl (C=O) groups excluding carboxylic acids is 1. The van der Waals surface area contributed by atoms with Crippen molar-refractivity contribution < 1.29 is 19.0 Å². The highest BCUT2D eigenvalue weighted by atomic mass is 16.5. The van der Waals surface area contributed by atoms with Gasteiger partial charge in [-0.05, 0) is 32.3 Å². The number of hydrogen-bond donors (Lipinski definition) is 1. The second-order valence-electron chi connectivity index (χ2n) is 5.06. The summed E-state index contributed by atoms with van der Waals surface area (Å²) in [5, 5.41) is 0.465. The molecule has 0 saturated heterocycles. The smallest absolute Gasteiger partial charge is 0.293 e. The molecule has 0 aliphatic heterocycles. The number of hydrogen-bond acceptors (Lipinski definition) is 6. The quantitative estimate of drug-likeness (QED) is 0.588. The van der Waals surface area contributed by atoms with E-state index in [2.05, 4.69) is 9.97 Å². The topological polar surface area (TPSA) is 90.5 Å². The maximum absolute atomic E-state index is 12.2. The van der Waals surface area contributed by atoms with Gasteiger partial charge >= 0.3 is 0 Å². The third kappa shape index (κ3) is 3.61. The number of H-pyrrole nitrogens is 1. The first-order valence-electron chi connectivity index (χ1n) is 7.32. The lowest BCUT2D eigenvalue weighted by Gasteiger charge is -2.15. The molecule has 1 aromatic heterocycles. The number of aromatic nitrogens is 2. The Morgan fingerprint density at radius 2 is 2.04 bits per heavy atom. The predicted octanol–water partition coefficient (Wildman–Crippen LogP) is 1.74. The van der Waals surface area contributed by atoms with Crippen LogP contribution in [0.25, 0.3) is 10.9 Å². The van der Waals surface area contributed by atoms with Crippen LogP contribution in [0.15, 0.2) is 10.9 Å². The number of rotatable bonds is 8. The molecule has 0 aliphatic rings. The molecule has 0 saturated carbocycles. The summed E-state index contributed by atoms with van der Waals surface area (Å²) in [6.45, 7) is 2.53. The van der Waals surface area contributed by atoms with Crippen molar-refractivity contribution in [2.24, 2.45) is 0 Å². The first kappa shape index (κ1) is 16.8. The Hall–Kier alpha value is -2.57. The van der Waals surface area contributed by atoms with Gasteiger partial charge in [0, 0.05) is 5.56 Å². The minimum absolute atomic E-state index is 0.209. The lowest BCUT2D eigenvalue weighted by molar-refractivity contribution is -0.128. The van der Waals surface area contributed by atoms with E-state index in [9.17, 15) is 9.59 Å². The van der Waals surface area contributed by atoms with Gasteiger partial charge in [0.25, 0.3) is 12.0 Å². The fourth-order valence-corrected chi connectivity index (χ4v) is 2.55. The molecule has 2 aromatic rings.